The van der Waals surface area contributed by atoms with Crippen LogP contribution < -0.4 is 5.73 Å². The molecule has 0 aliphatic carbocycles. The van der Waals surface area contributed by atoms with Crippen LogP contribution in [0.1, 0.15) is 16.1 Å². The maximum atomic E-state index is 6.20. The van der Waals surface area contributed by atoms with Crippen molar-refractivity contribution < 1.29 is 0 Å². The van der Waals surface area contributed by atoms with Crippen LogP contribution in [0.3, 0.4) is 0 Å². The van der Waals surface area contributed by atoms with E-state index in [0.717, 1.165) is 34.3 Å². The first-order valence-corrected chi connectivity index (χ1v) is 9.03. The van der Waals surface area contributed by atoms with Crippen molar-refractivity contribution in [1.29, 1.82) is 0 Å². The molecule has 4 nitrogen and oxygen atoms in total. The van der Waals surface area contributed by atoms with Gasteiger partial charge in [-0.1, -0.05) is 29.8 Å². The zero-order valence-electron chi connectivity index (χ0n) is 13.9. The highest BCUT2D eigenvalue weighted by molar-refractivity contribution is 7.18. The minimum absolute atomic E-state index is 0.543. The zero-order valence-corrected chi connectivity index (χ0v) is 14.8. The highest BCUT2D eigenvalue weighted by Crippen LogP contribution is 2.30. The third-order valence-corrected chi connectivity index (χ3v) is 5.19. The van der Waals surface area contributed by atoms with Gasteiger partial charge in [0, 0.05) is 22.3 Å². The van der Waals surface area contributed by atoms with Gasteiger partial charge in [-0.2, -0.15) is 0 Å². The first-order valence-electron chi connectivity index (χ1n) is 8.22. The van der Waals surface area contributed by atoms with E-state index in [0.29, 0.717) is 11.6 Å². The Morgan fingerprint density at radius 3 is 2.72 bits per heavy atom. The van der Waals surface area contributed by atoms with Gasteiger partial charge < -0.3 is 5.73 Å². The van der Waals surface area contributed by atoms with E-state index in [9.17, 15) is 0 Å². The number of thiophene rings is 1. The molecule has 0 aliphatic rings. The summed E-state index contributed by atoms with van der Waals surface area (Å²) in [6.07, 6.45) is 3.67. The fraction of sp³-hybridized carbons (Fsp3) is 0.150. The van der Waals surface area contributed by atoms with E-state index in [1.165, 1.54) is 10.4 Å². The molecule has 1 aromatic carbocycles. The third-order valence-electron chi connectivity index (χ3n) is 4.10. The number of rotatable bonds is 4. The topological polar surface area (TPSA) is 64.7 Å². The second-order valence-corrected chi connectivity index (χ2v) is 7.17. The Labute approximate surface area is 150 Å². The summed E-state index contributed by atoms with van der Waals surface area (Å²) in [5.74, 6) is 1.23. The number of fused-ring (bicyclic) bond motifs is 1. The quantitative estimate of drug-likeness (QED) is 0.594. The number of aryl methyl sites for hydroxylation is 3. The Morgan fingerprint density at radius 1 is 1.00 bits per heavy atom. The fourth-order valence-electron chi connectivity index (χ4n) is 2.83. The minimum atomic E-state index is 0.543. The van der Waals surface area contributed by atoms with Crippen molar-refractivity contribution >= 4 is 27.4 Å². The molecule has 124 valence electrons. The molecule has 0 aliphatic heterocycles. The van der Waals surface area contributed by atoms with Crippen LogP contribution in [0.5, 0.6) is 0 Å². The summed E-state index contributed by atoms with van der Waals surface area (Å²) in [4.78, 5) is 15.8. The van der Waals surface area contributed by atoms with Gasteiger partial charge in [-0.25, -0.2) is 9.97 Å². The van der Waals surface area contributed by atoms with Gasteiger partial charge in [0.2, 0.25) is 0 Å². The summed E-state index contributed by atoms with van der Waals surface area (Å²) in [6, 6.07) is 16.3. The summed E-state index contributed by atoms with van der Waals surface area (Å²) in [6.45, 7) is 2.06. The standard InChI is InChI=1S/C20H18N4S/c1-13-5-4-6-14(11-13)19-23-18(21)17-12-16(25-20(17)24-19)9-8-15-7-2-3-10-22-15/h2-7,10-12H,8-9H2,1H3,(H2,21,23,24). The van der Waals surface area contributed by atoms with Gasteiger partial charge in [0.25, 0.3) is 0 Å². The fourth-order valence-corrected chi connectivity index (χ4v) is 3.86. The Hall–Kier alpha value is -2.79. The van der Waals surface area contributed by atoms with Crippen LogP contribution in [0.4, 0.5) is 5.82 Å². The molecular weight excluding hydrogens is 328 g/mol. The molecule has 3 aromatic heterocycles. The molecule has 3 heterocycles. The molecule has 0 saturated heterocycles. The zero-order chi connectivity index (χ0) is 17.2. The van der Waals surface area contributed by atoms with E-state index in [2.05, 4.69) is 41.2 Å². The normalized spacial score (nSPS) is 11.1. The molecule has 0 saturated carbocycles. The molecule has 5 heteroatoms. The van der Waals surface area contributed by atoms with E-state index in [1.54, 1.807) is 11.3 Å². The van der Waals surface area contributed by atoms with Gasteiger partial charge in [0.15, 0.2) is 5.82 Å². The van der Waals surface area contributed by atoms with Gasteiger partial charge in [0.05, 0.1) is 5.39 Å². The number of hydrogen-bond acceptors (Lipinski definition) is 5. The lowest BCUT2D eigenvalue weighted by molar-refractivity contribution is 0.929. The summed E-state index contributed by atoms with van der Waals surface area (Å²) >= 11 is 1.68. The number of nitrogen functional groups attached to an aromatic ring is 1. The van der Waals surface area contributed by atoms with Crippen molar-refractivity contribution in [2.75, 3.05) is 5.73 Å². The average Bonchev–Trinajstić information content (AvgIpc) is 3.05. The van der Waals surface area contributed by atoms with Crippen molar-refractivity contribution in [2.45, 2.75) is 19.8 Å². The van der Waals surface area contributed by atoms with Crippen molar-refractivity contribution in [2.24, 2.45) is 0 Å². The van der Waals surface area contributed by atoms with Crippen LogP contribution in [-0.2, 0) is 12.8 Å². The number of benzene rings is 1. The lowest BCUT2D eigenvalue weighted by Gasteiger charge is -2.03. The molecule has 25 heavy (non-hydrogen) atoms. The summed E-state index contributed by atoms with van der Waals surface area (Å²) < 4.78 is 0. The first-order chi connectivity index (χ1) is 12.2. The molecule has 0 fully saturated rings. The Balaban J connectivity index is 1.65. The summed E-state index contributed by atoms with van der Waals surface area (Å²) in [7, 11) is 0. The number of nitrogens with zero attached hydrogens (tertiary/aromatic N) is 3. The predicted octanol–water partition coefficient (Wildman–Crippen LogP) is 4.43. The SMILES string of the molecule is Cc1cccc(-c2nc(N)c3cc(CCc4ccccn4)sc3n2)c1. The number of aromatic nitrogens is 3. The Kier molecular flexibility index (Phi) is 4.15. The summed E-state index contributed by atoms with van der Waals surface area (Å²) in [5.41, 5.74) is 9.47. The lowest BCUT2D eigenvalue weighted by atomic mass is 10.1. The molecule has 2 N–H and O–H groups in total. The number of hydrogen-bond donors (Lipinski definition) is 1. The van der Waals surface area contributed by atoms with Gasteiger partial charge in [-0.3, -0.25) is 4.98 Å². The molecule has 0 amide bonds. The average molecular weight is 346 g/mol. The maximum Gasteiger partial charge on any atom is 0.163 e. The molecule has 0 bridgehead atoms. The maximum absolute atomic E-state index is 6.20. The lowest BCUT2D eigenvalue weighted by Crippen LogP contribution is -1.96. The van der Waals surface area contributed by atoms with E-state index >= 15 is 0 Å². The molecule has 0 radical (unpaired) electrons. The van der Waals surface area contributed by atoms with Crippen LogP contribution in [0, 0.1) is 6.92 Å². The van der Waals surface area contributed by atoms with E-state index in [1.807, 2.05) is 30.5 Å². The highest BCUT2D eigenvalue weighted by atomic mass is 32.1. The highest BCUT2D eigenvalue weighted by Gasteiger charge is 2.11. The third kappa shape index (κ3) is 3.37. The van der Waals surface area contributed by atoms with Gasteiger partial charge >= 0.3 is 0 Å². The van der Waals surface area contributed by atoms with Crippen LogP contribution in [0.2, 0.25) is 0 Å². The number of pyridine rings is 1. The Morgan fingerprint density at radius 2 is 1.92 bits per heavy atom. The number of anilines is 1. The van der Waals surface area contributed by atoms with Crippen molar-refractivity contribution in [1.82, 2.24) is 15.0 Å². The molecule has 0 unspecified atom stereocenters. The molecule has 4 aromatic rings. The monoisotopic (exact) mass is 346 g/mol. The molecule has 0 spiro atoms. The molecule has 4 rings (SSSR count). The second kappa shape index (κ2) is 6.61. The largest absolute Gasteiger partial charge is 0.383 e. The van der Waals surface area contributed by atoms with Crippen molar-refractivity contribution in [3.8, 4) is 11.4 Å². The number of nitrogens with two attached hydrogens (primary N) is 1. The van der Waals surface area contributed by atoms with E-state index in [-0.39, 0.29) is 0 Å². The summed E-state index contributed by atoms with van der Waals surface area (Å²) in [5, 5.41) is 0.942. The van der Waals surface area contributed by atoms with Gasteiger partial charge in [-0.15, -0.1) is 11.3 Å². The van der Waals surface area contributed by atoms with Crippen LogP contribution >= 0.6 is 11.3 Å². The second-order valence-electron chi connectivity index (χ2n) is 6.05. The van der Waals surface area contributed by atoms with E-state index in [4.69, 9.17) is 10.7 Å². The van der Waals surface area contributed by atoms with Crippen molar-refractivity contribution in [3.63, 3.8) is 0 Å². The molecule has 0 atom stereocenters. The van der Waals surface area contributed by atoms with Gasteiger partial charge in [-0.05, 0) is 44.0 Å². The Bertz CT molecular complexity index is 1020. The first kappa shape index (κ1) is 15.7. The smallest absolute Gasteiger partial charge is 0.163 e. The predicted molar refractivity (Wildman–Crippen MR) is 104 cm³/mol. The minimum Gasteiger partial charge on any atom is -0.383 e. The van der Waals surface area contributed by atoms with Crippen LogP contribution in [0.15, 0.2) is 54.7 Å². The van der Waals surface area contributed by atoms with Gasteiger partial charge in [0.1, 0.15) is 10.6 Å². The van der Waals surface area contributed by atoms with E-state index < -0.39 is 0 Å². The molecular formula is C20H18N4S. The van der Waals surface area contributed by atoms with Crippen LogP contribution in [-0.4, -0.2) is 15.0 Å². The van der Waals surface area contributed by atoms with Crippen LogP contribution in [0.25, 0.3) is 21.6 Å². The van der Waals surface area contributed by atoms with Crippen molar-refractivity contribution in [3.05, 3.63) is 70.9 Å².